The van der Waals surface area contributed by atoms with Crippen molar-refractivity contribution >= 4 is 37.7 Å². The van der Waals surface area contributed by atoms with Gasteiger partial charge >= 0.3 is 0 Å². The van der Waals surface area contributed by atoms with Crippen molar-refractivity contribution < 1.29 is 4.79 Å². The van der Waals surface area contributed by atoms with E-state index in [0.29, 0.717) is 29.7 Å². The third-order valence-electron chi connectivity index (χ3n) is 5.00. The minimum Gasteiger partial charge on any atom is -0.338 e. The maximum atomic E-state index is 13.1. The van der Waals surface area contributed by atoms with E-state index in [1.807, 2.05) is 24.0 Å². The van der Waals surface area contributed by atoms with Gasteiger partial charge in [-0.2, -0.15) is 0 Å². The second-order valence-corrected chi connectivity index (χ2v) is 7.64. The first-order chi connectivity index (χ1) is 12.6. The van der Waals surface area contributed by atoms with E-state index in [2.05, 4.69) is 21.9 Å². The normalized spacial score (nSPS) is 17.1. The zero-order valence-corrected chi connectivity index (χ0v) is 15.7. The highest BCUT2D eigenvalue weighted by atomic mass is 32.1. The minimum absolute atomic E-state index is 0.00286. The fraction of sp³-hybridized carbons (Fsp3) is 0.444. The highest BCUT2D eigenvalue weighted by molar-refractivity contribution is 7.25. The number of fused-ring (bicyclic) bond motifs is 3. The molecule has 1 atom stereocenters. The number of amides is 1. The van der Waals surface area contributed by atoms with Gasteiger partial charge in [-0.05, 0) is 25.6 Å². The van der Waals surface area contributed by atoms with Gasteiger partial charge in [-0.25, -0.2) is 9.97 Å². The van der Waals surface area contributed by atoms with Gasteiger partial charge in [-0.3, -0.25) is 14.2 Å². The molecule has 1 saturated heterocycles. The highest BCUT2D eigenvalue weighted by Gasteiger charge is 2.28. The fourth-order valence-electron chi connectivity index (χ4n) is 3.43. The van der Waals surface area contributed by atoms with Crippen LogP contribution >= 0.6 is 11.3 Å². The Hall–Kier alpha value is -2.32. The summed E-state index contributed by atoms with van der Waals surface area (Å²) < 4.78 is 2.06. The summed E-state index contributed by atoms with van der Waals surface area (Å²) in [5.74, 6) is 0.00286. The first kappa shape index (κ1) is 17.1. The van der Waals surface area contributed by atoms with E-state index in [1.54, 1.807) is 6.20 Å². The van der Waals surface area contributed by atoms with Crippen molar-refractivity contribution in [2.24, 2.45) is 0 Å². The van der Waals surface area contributed by atoms with Crippen LogP contribution in [0.2, 0.25) is 0 Å². The molecule has 1 aliphatic heterocycles. The number of hydrogen-bond donors (Lipinski definition) is 0. The number of hydrogen-bond acceptors (Lipinski definition) is 6. The monoisotopic (exact) mass is 371 g/mol. The molecular formula is C18H21N5O2S. The summed E-state index contributed by atoms with van der Waals surface area (Å²) in [7, 11) is 2.05. The molecule has 0 saturated carbocycles. The zero-order chi connectivity index (χ0) is 18.3. The van der Waals surface area contributed by atoms with Crippen LogP contribution in [-0.2, 0) is 4.79 Å². The van der Waals surface area contributed by atoms with Gasteiger partial charge in [0.15, 0.2) is 0 Å². The number of pyridine rings is 1. The Balaban J connectivity index is 1.74. The van der Waals surface area contributed by atoms with Crippen LogP contribution in [0.15, 0.2) is 29.5 Å². The van der Waals surface area contributed by atoms with Crippen molar-refractivity contribution in [1.29, 1.82) is 0 Å². The summed E-state index contributed by atoms with van der Waals surface area (Å²) in [5.41, 5.74) is 0.508. The van der Waals surface area contributed by atoms with Crippen LogP contribution in [0, 0.1) is 0 Å². The average molecular weight is 371 g/mol. The number of carbonyl (C=O) groups excluding carboxylic acids is 1. The van der Waals surface area contributed by atoms with Crippen molar-refractivity contribution in [1.82, 2.24) is 24.3 Å². The van der Waals surface area contributed by atoms with Gasteiger partial charge in [0, 0.05) is 37.8 Å². The van der Waals surface area contributed by atoms with Crippen LogP contribution in [0.25, 0.3) is 20.4 Å². The molecule has 0 spiro atoms. The number of piperazine rings is 1. The molecule has 3 aromatic rings. The van der Waals surface area contributed by atoms with Crippen molar-refractivity contribution in [3.8, 4) is 0 Å². The SMILES string of the molecule is CCC(C(=O)N1CCN(C)CC1)n1cnc2c(sc3ncccc32)c1=O. The predicted molar refractivity (Wildman–Crippen MR) is 103 cm³/mol. The van der Waals surface area contributed by atoms with Gasteiger partial charge in [0.05, 0.1) is 11.8 Å². The molecule has 7 nitrogen and oxygen atoms in total. The average Bonchev–Trinajstić information content (AvgIpc) is 3.04. The van der Waals surface area contributed by atoms with Crippen LogP contribution in [0.5, 0.6) is 0 Å². The van der Waals surface area contributed by atoms with E-state index < -0.39 is 6.04 Å². The van der Waals surface area contributed by atoms with Crippen LogP contribution in [0.1, 0.15) is 19.4 Å². The lowest BCUT2D eigenvalue weighted by atomic mass is 10.1. The Labute approximate surface area is 154 Å². The number of likely N-dealkylation sites (N-methyl/N-ethyl adjacent to an activating group) is 1. The number of aromatic nitrogens is 3. The van der Waals surface area contributed by atoms with Crippen LogP contribution < -0.4 is 5.56 Å². The Morgan fingerprint density at radius 3 is 2.77 bits per heavy atom. The van der Waals surface area contributed by atoms with Crippen LogP contribution in [0.4, 0.5) is 0 Å². The van der Waals surface area contributed by atoms with Gasteiger partial charge in [0.1, 0.15) is 15.6 Å². The predicted octanol–water partition coefficient (Wildman–Crippen LogP) is 1.73. The third kappa shape index (κ3) is 2.79. The minimum atomic E-state index is -0.513. The van der Waals surface area contributed by atoms with Gasteiger partial charge in [0.25, 0.3) is 5.56 Å². The largest absolute Gasteiger partial charge is 0.338 e. The molecule has 3 aromatic heterocycles. The zero-order valence-electron chi connectivity index (χ0n) is 14.9. The maximum Gasteiger partial charge on any atom is 0.272 e. The molecule has 1 fully saturated rings. The molecule has 1 amide bonds. The second kappa shape index (κ2) is 6.77. The Kier molecular flexibility index (Phi) is 4.46. The summed E-state index contributed by atoms with van der Waals surface area (Å²) in [6.07, 6.45) is 3.79. The fourth-order valence-corrected chi connectivity index (χ4v) is 4.47. The van der Waals surface area contributed by atoms with E-state index in [4.69, 9.17) is 0 Å². The molecule has 1 aliphatic rings. The molecule has 1 unspecified atom stereocenters. The summed E-state index contributed by atoms with van der Waals surface area (Å²) in [4.78, 5) is 39.7. The molecule has 26 heavy (non-hydrogen) atoms. The van der Waals surface area contributed by atoms with Gasteiger partial charge in [-0.15, -0.1) is 11.3 Å². The Morgan fingerprint density at radius 1 is 1.27 bits per heavy atom. The van der Waals surface area contributed by atoms with Crippen molar-refractivity contribution in [2.75, 3.05) is 33.2 Å². The summed E-state index contributed by atoms with van der Waals surface area (Å²) in [6.45, 7) is 5.04. The number of rotatable bonds is 3. The molecule has 0 bridgehead atoms. The van der Waals surface area contributed by atoms with Gasteiger partial charge < -0.3 is 9.80 Å². The Bertz CT molecular complexity index is 1020. The standard InChI is InChI=1S/C18H21N5O2S/c1-3-13(17(24)22-9-7-21(2)8-10-22)23-11-20-14-12-5-4-6-19-16(12)26-15(14)18(23)25/h4-6,11,13H,3,7-10H2,1-2H3. The molecule has 0 aromatic carbocycles. The molecule has 136 valence electrons. The van der Waals surface area contributed by atoms with Gasteiger partial charge in [-0.1, -0.05) is 6.92 Å². The van der Waals surface area contributed by atoms with E-state index in [9.17, 15) is 9.59 Å². The number of nitrogens with zero attached hydrogens (tertiary/aromatic N) is 5. The lowest BCUT2D eigenvalue weighted by molar-refractivity contribution is -0.136. The molecule has 4 heterocycles. The van der Waals surface area contributed by atoms with Crippen LogP contribution in [-0.4, -0.2) is 63.5 Å². The number of thiophene rings is 1. The quantitative estimate of drug-likeness (QED) is 0.701. The lowest BCUT2D eigenvalue weighted by Gasteiger charge is -2.34. The Morgan fingerprint density at radius 2 is 2.04 bits per heavy atom. The molecule has 8 heteroatoms. The maximum absolute atomic E-state index is 13.1. The number of carbonyl (C=O) groups is 1. The molecule has 0 N–H and O–H groups in total. The summed E-state index contributed by atoms with van der Waals surface area (Å²) in [5, 5.41) is 0.884. The molecule has 0 radical (unpaired) electrons. The summed E-state index contributed by atoms with van der Waals surface area (Å²) in [6, 6.07) is 3.25. The third-order valence-corrected chi connectivity index (χ3v) is 6.09. The van der Waals surface area contributed by atoms with Crippen molar-refractivity contribution in [3.63, 3.8) is 0 Å². The first-order valence-electron chi connectivity index (χ1n) is 8.82. The molecule has 4 rings (SSSR count). The molecular weight excluding hydrogens is 350 g/mol. The highest BCUT2D eigenvalue weighted by Crippen LogP contribution is 2.28. The molecule has 0 aliphatic carbocycles. The van der Waals surface area contributed by atoms with E-state index in [-0.39, 0.29) is 11.5 Å². The second-order valence-electron chi connectivity index (χ2n) is 6.65. The smallest absolute Gasteiger partial charge is 0.272 e. The van der Waals surface area contributed by atoms with Crippen molar-refractivity contribution in [3.05, 3.63) is 35.0 Å². The topological polar surface area (TPSA) is 71.3 Å². The lowest BCUT2D eigenvalue weighted by Crippen LogP contribution is -2.50. The first-order valence-corrected chi connectivity index (χ1v) is 9.63. The van der Waals surface area contributed by atoms with Gasteiger partial charge in [0.2, 0.25) is 5.91 Å². The van der Waals surface area contributed by atoms with Crippen LogP contribution in [0.3, 0.4) is 0 Å². The van der Waals surface area contributed by atoms with E-state index in [0.717, 1.165) is 23.3 Å². The van der Waals surface area contributed by atoms with E-state index >= 15 is 0 Å². The van der Waals surface area contributed by atoms with E-state index in [1.165, 1.54) is 22.2 Å². The summed E-state index contributed by atoms with van der Waals surface area (Å²) >= 11 is 1.34. The van der Waals surface area contributed by atoms with Crippen molar-refractivity contribution in [2.45, 2.75) is 19.4 Å².